The molecule has 1 aromatic heterocycles. The summed E-state index contributed by atoms with van der Waals surface area (Å²) >= 11 is 0. The highest BCUT2D eigenvalue weighted by atomic mass is 16.2. The number of hydrogen-bond donors (Lipinski definition) is 1. The van der Waals surface area contributed by atoms with E-state index in [0.29, 0.717) is 0 Å². The van der Waals surface area contributed by atoms with Gasteiger partial charge in [0.1, 0.15) is 0 Å². The second-order valence-corrected chi connectivity index (χ2v) is 5.76. The van der Waals surface area contributed by atoms with Crippen LogP contribution in [0.5, 0.6) is 0 Å². The molecular weight excluding hydrogens is 216 g/mol. The van der Waals surface area contributed by atoms with Gasteiger partial charge in [0, 0.05) is 30.5 Å². The van der Waals surface area contributed by atoms with Crippen LogP contribution in [0.1, 0.15) is 37.7 Å². The summed E-state index contributed by atoms with van der Waals surface area (Å²) in [5.41, 5.74) is 8.45. The van der Waals surface area contributed by atoms with Crippen molar-refractivity contribution in [3.05, 3.63) is 17.0 Å². The fraction of sp³-hybridized carbons (Fsp3) is 0.667. The topological polar surface area (TPSA) is 64.2 Å². The third kappa shape index (κ3) is 2.07. The van der Waals surface area contributed by atoms with E-state index in [1.165, 1.54) is 10.2 Å². The number of likely N-dealkylation sites (N-methyl/N-ethyl adjacent to an activating group) is 1. The zero-order valence-electron chi connectivity index (χ0n) is 10.9. The van der Waals surface area contributed by atoms with Crippen molar-refractivity contribution in [2.45, 2.75) is 39.2 Å². The van der Waals surface area contributed by atoms with Gasteiger partial charge < -0.3 is 10.6 Å². The number of fused-ring (bicyclic) bond motifs is 1. The lowest BCUT2D eigenvalue weighted by atomic mass is 9.87. The first kappa shape index (κ1) is 12.1. The first-order valence-electron chi connectivity index (χ1n) is 5.90. The quantitative estimate of drug-likeness (QED) is 0.733. The summed E-state index contributed by atoms with van der Waals surface area (Å²) in [7, 11) is 2.08. The molecule has 1 amide bonds. The summed E-state index contributed by atoms with van der Waals surface area (Å²) in [6, 6.07) is -0.485. The average molecular weight is 236 g/mol. The number of hydrogen-bond acceptors (Lipinski definition) is 3. The van der Waals surface area contributed by atoms with Gasteiger partial charge in [-0.25, -0.2) is 4.79 Å². The van der Waals surface area contributed by atoms with Crippen molar-refractivity contribution in [2.75, 3.05) is 13.6 Å². The molecule has 1 aromatic rings. The largest absolute Gasteiger partial charge is 0.350 e. The maximum Gasteiger partial charge on any atom is 0.339 e. The molecule has 0 aromatic carbocycles. The number of nitrogens with zero attached hydrogens (tertiary/aromatic N) is 3. The van der Waals surface area contributed by atoms with Crippen LogP contribution < -0.4 is 5.73 Å². The third-order valence-corrected chi connectivity index (χ3v) is 3.17. The summed E-state index contributed by atoms with van der Waals surface area (Å²) in [5.74, 6) is 0. The average Bonchev–Trinajstić information content (AvgIpc) is 2.55. The van der Waals surface area contributed by atoms with Crippen molar-refractivity contribution in [2.24, 2.45) is 5.73 Å². The molecule has 2 heterocycles. The maximum atomic E-state index is 11.4. The van der Waals surface area contributed by atoms with Crippen LogP contribution in [0, 0.1) is 0 Å². The van der Waals surface area contributed by atoms with Gasteiger partial charge in [0.05, 0.1) is 11.4 Å². The number of carbonyl (C=O) groups is 1. The minimum absolute atomic E-state index is 0.0665. The summed E-state index contributed by atoms with van der Waals surface area (Å²) in [5, 5.41) is 4.41. The Balaban J connectivity index is 2.58. The molecule has 0 atom stereocenters. The lowest BCUT2D eigenvalue weighted by molar-refractivity contribution is 0.245. The van der Waals surface area contributed by atoms with Crippen molar-refractivity contribution >= 4 is 6.03 Å². The lowest BCUT2D eigenvalue weighted by Gasteiger charge is -2.25. The smallest absolute Gasteiger partial charge is 0.339 e. The molecule has 5 heteroatoms. The van der Waals surface area contributed by atoms with E-state index in [0.717, 1.165) is 30.9 Å². The van der Waals surface area contributed by atoms with Gasteiger partial charge in [-0.3, -0.25) is 0 Å². The molecule has 0 radical (unpaired) electrons. The number of aromatic nitrogens is 2. The second-order valence-electron chi connectivity index (χ2n) is 5.76. The van der Waals surface area contributed by atoms with Crippen LogP contribution in [0.4, 0.5) is 4.79 Å². The predicted octanol–water partition coefficient (Wildman–Crippen LogP) is 1.10. The van der Waals surface area contributed by atoms with Crippen LogP contribution in [-0.2, 0) is 18.4 Å². The fourth-order valence-electron chi connectivity index (χ4n) is 2.34. The van der Waals surface area contributed by atoms with Gasteiger partial charge in [0.2, 0.25) is 0 Å². The van der Waals surface area contributed by atoms with E-state index in [1.807, 2.05) is 0 Å². The Bertz CT molecular complexity index is 456. The minimum atomic E-state index is -0.485. The zero-order valence-corrected chi connectivity index (χ0v) is 10.9. The first-order chi connectivity index (χ1) is 7.80. The van der Waals surface area contributed by atoms with Gasteiger partial charge in [0.15, 0.2) is 0 Å². The highest BCUT2D eigenvalue weighted by Gasteiger charge is 2.30. The highest BCUT2D eigenvalue weighted by Crippen LogP contribution is 2.30. The molecule has 94 valence electrons. The Hall–Kier alpha value is -1.36. The van der Waals surface area contributed by atoms with E-state index in [4.69, 9.17) is 5.73 Å². The van der Waals surface area contributed by atoms with Crippen LogP contribution in [0.2, 0.25) is 0 Å². The Morgan fingerprint density at radius 2 is 2.06 bits per heavy atom. The van der Waals surface area contributed by atoms with Crippen molar-refractivity contribution < 1.29 is 4.79 Å². The Morgan fingerprint density at radius 1 is 1.41 bits per heavy atom. The number of nitrogens with two attached hydrogens (primary N) is 1. The lowest BCUT2D eigenvalue weighted by Crippen LogP contribution is -2.30. The maximum absolute atomic E-state index is 11.4. The predicted molar refractivity (Wildman–Crippen MR) is 65.9 cm³/mol. The number of rotatable bonds is 0. The number of carbonyl (C=O) groups excluding carboxylic acids is 1. The Morgan fingerprint density at radius 3 is 2.59 bits per heavy atom. The van der Waals surface area contributed by atoms with Crippen molar-refractivity contribution in [3.8, 4) is 0 Å². The first-order valence-corrected chi connectivity index (χ1v) is 5.90. The molecule has 0 saturated carbocycles. The summed E-state index contributed by atoms with van der Waals surface area (Å²) < 4.78 is 1.38. The summed E-state index contributed by atoms with van der Waals surface area (Å²) in [6.07, 6.45) is 0.831. The van der Waals surface area contributed by atoms with Gasteiger partial charge >= 0.3 is 6.03 Å². The van der Waals surface area contributed by atoms with Crippen LogP contribution in [-0.4, -0.2) is 34.3 Å². The SMILES string of the molecule is CN1CCc2c(c(C(C)(C)C)nn2C(N)=O)C1. The summed E-state index contributed by atoms with van der Waals surface area (Å²) in [4.78, 5) is 13.6. The highest BCUT2D eigenvalue weighted by molar-refractivity contribution is 5.75. The molecule has 0 saturated heterocycles. The van der Waals surface area contributed by atoms with Crippen LogP contribution >= 0.6 is 0 Å². The minimum Gasteiger partial charge on any atom is -0.350 e. The fourth-order valence-corrected chi connectivity index (χ4v) is 2.34. The number of primary amides is 1. The monoisotopic (exact) mass is 236 g/mol. The van der Waals surface area contributed by atoms with Crippen molar-refractivity contribution in [3.63, 3.8) is 0 Å². The molecular formula is C12H20N4O. The Kier molecular flexibility index (Phi) is 2.73. The molecule has 2 rings (SSSR count). The van der Waals surface area contributed by atoms with E-state index in [-0.39, 0.29) is 5.41 Å². The van der Waals surface area contributed by atoms with E-state index < -0.39 is 6.03 Å². The van der Waals surface area contributed by atoms with Crippen molar-refractivity contribution in [1.29, 1.82) is 0 Å². The molecule has 0 aliphatic carbocycles. The molecule has 0 bridgehead atoms. The second kappa shape index (κ2) is 3.84. The van der Waals surface area contributed by atoms with Gasteiger partial charge in [-0.15, -0.1) is 0 Å². The van der Waals surface area contributed by atoms with Gasteiger partial charge in [-0.05, 0) is 7.05 Å². The van der Waals surface area contributed by atoms with Crippen LogP contribution in [0.3, 0.4) is 0 Å². The van der Waals surface area contributed by atoms with E-state index in [2.05, 4.69) is 37.8 Å². The standard InChI is InChI=1S/C12H20N4O/c1-12(2,3)10-8-7-15(4)6-5-9(8)16(14-10)11(13)17/h5-7H2,1-4H3,(H2,13,17). The molecule has 0 unspecified atom stereocenters. The van der Waals surface area contributed by atoms with Crippen LogP contribution in [0.15, 0.2) is 0 Å². The van der Waals surface area contributed by atoms with Gasteiger partial charge in [-0.1, -0.05) is 20.8 Å². The molecule has 1 aliphatic heterocycles. The molecule has 0 fully saturated rings. The summed E-state index contributed by atoms with van der Waals surface area (Å²) in [6.45, 7) is 8.10. The molecule has 2 N–H and O–H groups in total. The molecule has 17 heavy (non-hydrogen) atoms. The Labute approximate surface area is 102 Å². The normalized spacial score (nSPS) is 16.9. The third-order valence-electron chi connectivity index (χ3n) is 3.17. The zero-order chi connectivity index (χ0) is 12.8. The molecule has 1 aliphatic rings. The number of amides is 1. The molecule has 5 nitrogen and oxygen atoms in total. The van der Waals surface area contributed by atoms with Gasteiger partial charge in [-0.2, -0.15) is 9.78 Å². The van der Waals surface area contributed by atoms with E-state index >= 15 is 0 Å². The van der Waals surface area contributed by atoms with E-state index in [9.17, 15) is 4.79 Å². The van der Waals surface area contributed by atoms with E-state index in [1.54, 1.807) is 0 Å². The van der Waals surface area contributed by atoms with Crippen LogP contribution in [0.25, 0.3) is 0 Å². The van der Waals surface area contributed by atoms with Crippen molar-refractivity contribution in [1.82, 2.24) is 14.7 Å². The van der Waals surface area contributed by atoms with Gasteiger partial charge in [0.25, 0.3) is 0 Å². The molecule has 0 spiro atoms.